The van der Waals surface area contributed by atoms with Crippen LogP contribution in [-0.2, 0) is 11.2 Å². The van der Waals surface area contributed by atoms with Gasteiger partial charge in [0.25, 0.3) is 5.91 Å². The van der Waals surface area contributed by atoms with Crippen molar-refractivity contribution in [3.63, 3.8) is 0 Å². The van der Waals surface area contributed by atoms with Gasteiger partial charge in [-0.15, -0.1) is 0 Å². The Balaban J connectivity index is 1.59. The number of H-pyrrole nitrogens is 1. The van der Waals surface area contributed by atoms with Gasteiger partial charge in [-0.1, -0.05) is 34.1 Å². The zero-order valence-corrected chi connectivity index (χ0v) is 13.7. The predicted molar refractivity (Wildman–Crippen MR) is 91.8 cm³/mol. The van der Waals surface area contributed by atoms with E-state index in [1.807, 2.05) is 24.3 Å². The number of fused-ring (bicyclic) bond motifs is 1. The summed E-state index contributed by atoms with van der Waals surface area (Å²) in [6, 6.07) is 14.6. The van der Waals surface area contributed by atoms with Crippen molar-refractivity contribution in [2.45, 2.75) is 6.42 Å². The van der Waals surface area contributed by atoms with Crippen LogP contribution in [0.15, 0.2) is 59.2 Å². The minimum atomic E-state index is -0.357. The molecule has 0 fully saturated rings. The molecule has 0 atom stereocenters. The van der Waals surface area contributed by atoms with E-state index in [4.69, 9.17) is 0 Å². The maximum absolute atomic E-state index is 12.0. The Kier molecular flexibility index (Phi) is 4.43. The number of carbonyl (C=O) groups is 2. The van der Waals surface area contributed by atoms with Crippen LogP contribution >= 0.6 is 15.9 Å². The fraction of sp³-hybridized carbons (Fsp3) is 0.0588. The third-order valence-corrected chi connectivity index (χ3v) is 3.98. The van der Waals surface area contributed by atoms with E-state index >= 15 is 0 Å². The van der Waals surface area contributed by atoms with Crippen molar-refractivity contribution in [3.05, 3.63) is 70.3 Å². The van der Waals surface area contributed by atoms with Crippen molar-refractivity contribution in [1.29, 1.82) is 0 Å². The van der Waals surface area contributed by atoms with Crippen LogP contribution in [0.3, 0.4) is 0 Å². The summed E-state index contributed by atoms with van der Waals surface area (Å²) in [5, 5.41) is 1.00. The predicted octanol–water partition coefficient (Wildman–Crippen LogP) is 2.93. The van der Waals surface area contributed by atoms with Gasteiger partial charge in [0.2, 0.25) is 5.91 Å². The van der Waals surface area contributed by atoms with E-state index in [1.54, 1.807) is 30.5 Å². The lowest BCUT2D eigenvalue weighted by molar-refractivity contribution is -0.121. The van der Waals surface area contributed by atoms with Crippen molar-refractivity contribution < 1.29 is 9.59 Å². The highest BCUT2D eigenvalue weighted by atomic mass is 79.9. The van der Waals surface area contributed by atoms with Crippen LogP contribution in [0.4, 0.5) is 0 Å². The van der Waals surface area contributed by atoms with Crippen LogP contribution < -0.4 is 10.9 Å². The standard InChI is InChI=1S/C17H14BrN3O2/c18-13-7-5-11(6-8-13)17(23)21-20-16(22)9-12-10-19-15-4-2-1-3-14(12)15/h1-8,10,19H,9H2,(H,20,22)(H,21,23). The Bertz CT molecular complexity index is 856. The van der Waals surface area contributed by atoms with Gasteiger partial charge in [-0.05, 0) is 35.9 Å². The number of aromatic nitrogens is 1. The topological polar surface area (TPSA) is 74.0 Å². The molecule has 1 heterocycles. The summed E-state index contributed by atoms with van der Waals surface area (Å²) in [6.07, 6.45) is 1.99. The number of carbonyl (C=O) groups excluding carboxylic acids is 2. The van der Waals surface area contributed by atoms with E-state index in [-0.39, 0.29) is 18.2 Å². The van der Waals surface area contributed by atoms with Crippen LogP contribution in [0, 0.1) is 0 Å². The molecule has 2 amide bonds. The van der Waals surface area contributed by atoms with Crippen molar-refractivity contribution in [1.82, 2.24) is 15.8 Å². The quantitative estimate of drug-likeness (QED) is 0.619. The molecular formula is C17H14BrN3O2. The molecule has 0 saturated heterocycles. The molecular weight excluding hydrogens is 358 g/mol. The Morgan fingerprint density at radius 3 is 2.52 bits per heavy atom. The van der Waals surface area contributed by atoms with E-state index in [2.05, 4.69) is 31.8 Å². The fourth-order valence-corrected chi connectivity index (χ4v) is 2.56. The lowest BCUT2D eigenvalue weighted by atomic mass is 10.1. The first-order chi connectivity index (χ1) is 11.1. The van der Waals surface area contributed by atoms with Gasteiger partial charge in [0.05, 0.1) is 6.42 Å². The molecule has 0 aliphatic rings. The summed E-state index contributed by atoms with van der Waals surface area (Å²) in [5.41, 5.74) is 7.19. The van der Waals surface area contributed by atoms with E-state index in [9.17, 15) is 9.59 Å². The molecule has 6 heteroatoms. The summed E-state index contributed by atoms with van der Waals surface area (Å²) >= 11 is 3.31. The number of hydrazine groups is 1. The molecule has 0 unspecified atom stereocenters. The summed E-state index contributed by atoms with van der Waals surface area (Å²) in [6.45, 7) is 0. The number of amides is 2. The summed E-state index contributed by atoms with van der Waals surface area (Å²) in [7, 11) is 0. The lowest BCUT2D eigenvalue weighted by Gasteiger charge is -2.07. The number of halogens is 1. The molecule has 3 aromatic rings. The highest BCUT2D eigenvalue weighted by molar-refractivity contribution is 9.10. The molecule has 5 nitrogen and oxygen atoms in total. The van der Waals surface area contributed by atoms with Gasteiger partial charge in [-0.3, -0.25) is 20.4 Å². The van der Waals surface area contributed by atoms with Crippen LogP contribution in [0.2, 0.25) is 0 Å². The number of hydrogen-bond donors (Lipinski definition) is 3. The number of hydrogen-bond acceptors (Lipinski definition) is 2. The highest BCUT2D eigenvalue weighted by Gasteiger charge is 2.10. The molecule has 0 radical (unpaired) electrons. The van der Waals surface area contributed by atoms with Gasteiger partial charge in [-0.2, -0.15) is 0 Å². The van der Waals surface area contributed by atoms with E-state index in [0.717, 1.165) is 20.9 Å². The van der Waals surface area contributed by atoms with E-state index in [0.29, 0.717) is 5.56 Å². The number of para-hydroxylation sites is 1. The maximum Gasteiger partial charge on any atom is 0.269 e. The van der Waals surface area contributed by atoms with Gasteiger partial charge in [0.15, 0.2) is 0 Å². The Labute approximate surface area is 141 Å². The van der Waals surface area contributed by atoms with Gasteiger partial charge in [0.1, 0.15) is 0 Å². The lowest BCUT2D eigenvalue weighted by Crippen LogP contribution is -2.42. The van der Waals surface area contributed by atoms with Crippen molar-refractivity contribution in [2.24, 2.45) is 0 Å². The highest BCUT2D eigenvalue weighted by Crippen LogP contribution is 2.17. The first-order valence-electron chi connectivity index (χ1n) is 7.03. The van der Waals surface area contributed by atoms with E-state index < -0.39 is 0 Å². The smallest absolute Gasteiger partial charge is 0.269 e. The first-order valence-corrected chi connectivity index (χ1v) is 7.82. The average Bonchev–Trinajstić information content (AvgIpc) is 2.96. The Morgan fingerprint density at radius 2 is 1.74 bits per heavy atom. The number of nitrogens with one attached hydrogen (secondary N) is 3. The zero-order valence-electron chi connectivity index (χ0n) is 12.1. The van der Waals surface area contributed by atoms with Crippen LogP contribution in [0.1, 0.15) is 15.9 Å². The fourth-order valence-electron chi connectivity index (χ4n) is 2.29. The SMILES string of the molecule is O=C(Cc1c[nH]c2ccccc12)NNC(=O)c1ccc(Br)cc1. The zero-order chi connectivity index (χ0) is 16.2. The summed E-state index contributed by atoms with van der Waals surface area (Å²) in [4.78, 5) is 27.0. The summed E-state index contributed by atoms with van der Waals surface area (Å²) < 4.78 is 0.887. The monoisotopic (exact) mass is 371 g/mol. The molecule has 2 aromatic carbocycles. The van der Waals surface area contributed by atoms with Gasteiger partial charge in [0, 0.05) is 27.1 Å². The van der Waals surface area contributed by atoms with Crippen LogP contribution in [-0.4, -0.2) is 16.8 Å². The number of benzene rings is 2. The first kappa shape index (κ1) is 15.3. The normalized spacial score (nSPS) is 10.5. The second-order valence-corrected chi connectivity index (χ2v) is 5.96. The second kappa shape index (κ2) is 6.66. The largest absolute Gasteiger partial charge is 0.361 e. The van der Waals surface area contributed by atoms with Crippen molar-refractivity contribution in [3.8, 4) is 0 Å². The molecule has 3 rings (SSSR count). The molecule has 116 valence electrons. The van der Waals surface area contributed by atoms with Gasteiger partial charge < -0.3 is 4.98 Å². The van der Waals surface area contributed by atoms with Gasteiger partial charge >= 0.3 is 0 Å². The molecule has 3 N–H and O–H groups in total. The summed E-state index contributed by atoms with van der Waals surface area (Å²) in [5.74, 6) is -0.634. The molecule has 1 aromatic heterocycles. The van der Waals surface area contributed by atoms with Crippen molar-refractivity contribution in [2.75, 3.05) is 0 Å². The van der Waals surface area contributed by atoms with Gasteiger partial charge in [-0.25, -0.2) is 0 Å². The number of aromatic amines is 1. The minimum Gasteiger partial charge on any atom is -0.361 e. The third kappa shape index (κ3) is 3.60. The average molecular weight is 372 g/mol. The number of rotatable bonds is 3. The Morgan fingerprint density at radius 1 is 1.00 bits per heavy atom. The van der Waals surface area contributed by atoms with E-state index in [1.165, 1.54) is 0 Å². The van der Waals surface area contributed by atoms with Crippen LogP contribution in [0.25, 0.3) is 10.9 Å². The molecule has 0 spiro atoms. The molecule has 0 bridgehead atoms. The van der Waals surface area contributed by atoms with Crippen molar-refractivity contribution >= 4 is 38.6 Å². The minimum absolute atomic E-state index is 0.185. The molecule has 0 aliphatic heterocycles. The molecule has 23 heavy (non-hydrogen) atoms. The Hall–Kier alpha value is -2.60. The van der Waals surface area contributed by atoms with Crippen LogP contribution in [0.5, 0.6) is 0 Å². The molecule has 0 aliphatic carbocycles. The third-order valence-electron chi connectivity index (χ3n) is 3.45. The second-order valence-electron chi connectivity index (χ2n) is 5.05. The maximum atomic E-state index is 12.0. The molecule has 0 saturated carbocycles.